The normalized spacial score (nSPS) is 20.2. The molecule has 1 unspecified atom stereocenters. The minimum Gasteiger partial charge on any atom is -0.345 e. The number of hydrogen-bond acceptors (Lipinski definition) is 5. The van der Waals surface area contributed by atoms with Crippen LogP contribution in [-0.4, -0.2) is 52.9 Å². The second-order valence-electron chi connectivity index (χ2n) is 10.5. The largest absolute Gasteiger partial charge is 0.345 e. The molecule has 2 aromatic carbocycles. The first-order valence-electron chi connectivity index (χ1n) is 13.0. The molecule has 0 saturated carbocycles. The standard InChI is InChI=1S/C29H30ClN5O2/c30-24-5-2-1-4-22(24)26(36)33-25-9-8-20-6-7-21(18-23(20)25)27(37)35-17-12-29(19-35)10-15-34(16-11-29)28-31-13-3-14-32-28/h1-7,13-14,18,25H,8-12,15-17,19H2,(H,33,36). The minimum absolute atomic E-state index is 0.0802. The zero-order valence-corrected chi connectivity index (χ0v) is 21.5. The highest BCUT2D eigenvalue weighted by Crippen LogP contribution is 2.41. The number of amides is 2. The number of halogens is 1. The van der Waals surface area contributed by atoms with E-state index in [0.717, 1.165) is 69.8 Å². The molecule has 2 fully saturated rings. The highest BCUT2D eigenvalue weighted by molar-refractivity contribution is 6.33. The van der Waals surface area contributed by atoms with Crippen molar-refractivity contribution < 1.29 is 9.59 Å². The third kappa shape index (κ3) is 4.68. The molecule has 3 aliphatic rings. The van der Waals surface area contributed by atoms with E-state index in [-0.39, 0.29) is 23.3 Å². The molecule has 0 radical (unpaired) electrons. The van der Waals surface area contributed by atoms with E-state index < -0.39 is 0 Å². The average molecular weight is 516 g/mol. The van der Waals surface area contributed by atoms with Gasteiger partial charge in [-0.25, -0.2) is 9.97 Å². The quantitative estimate of drug-likeness (QED) is 0.546. The van der Waals surface area contributed by atoms with Crippen LogP contribution in [0.1, 0.15) is 63.6 Å². The molecule has 37 heavy (non-hydrogen) atoms. The Balaban J connectivity index is 1.12. The van der Waals surface area contributed by atoms with Crippen LogP contribution in [0.4, 0.5) is 5.95 Å². The summed E-state index contributed by atoms with van der Waals surface area (Å²) >= 11 is 6.23. The zero-order valence-electron chi connectivity index (χ0n) is 20.7. The van der Waals surface area contributed by atoms with E-state index in [2.05, 4.69) is 26.3 Å². The summed E-state index contributed by atoms with van der Waals surface area (Å²) < 4.78 is 0. The molecule has 3 heterocycles. The van der Waals surface area contributed by atoms with Crippen molar-refractivity contribution in [3.63, 3.8) is 0 Å². The van der Waals surface area contributed by atoms with Crippen LogP contribution in [0.2, 0.25) is 5.02 Å². The number of nitrogens with one attached hydrogen (secondary N) is 1. The first kappa shape index (κ1) is 23.9. The van der Waals surface area contributed by atoms with Gasteiger partial charge in [-0.05, 0) is 79.0 Å². The lowest BCUT2D eigenvalue weighted by molar-refractivity contribution is 0.0764. The maximum absolute atomic E-state index is 13.5. The maximum Gasteiger partial charge on any atom is 0.253 e. The molecule has 1 atom stereocenters. The summed E-state index contributed by atoms with van der Waals surface area (Å²) in [6.07, 6.45) is 8.37. The molecule has 2 amide bonds. The summed E-state index contributed by atoms with van der Waals surface area (Å²) in [6, 6.07) is 14.8. The van der Waals surface area contributed by atoms with Crippen LogP contribution in [0, 0.1) is 5.41 Å². The van der Waals surface area contributed by atoms with Gasteiger partial charge in [0, 0.05) is 44.1 Å². The second-order valence-corrected chi connectivity index (χ2v) is 10.9. The van der Waals surface area contributed by atoms with Gasteiger partial charge < -0.3 is 15.1 Å². The van der Waals surface area contributed by atoms with Crippen molar-refractivity contribution in [2.24, 2.45) is 5.41 Å². The van der Waals surface area contributed by atoms with Gasteiger partial charge in [-0.3, -0.25) is 9.59 Å². The van der Waals surface area contributed by atoms with Gasteiger partial charge >= 0.3 is 0 Å². The van der Waals surface area contributed by atoms with Crippen molar-refractivity contribution in [2.75, 3.05) is 31.1 Å². The summed E-state index contributed by atoms with van der Waals surface area (Å²) in [5, 5.41) is 3.57. The van der Waals surface area contributed by atoms with Crippen molar-refractivity contribution in [1.82, 2.24) is 20.2 Å². The fourth-order valence-electron chi connectivity index (χ4n) is 6.10. The number of nitrogens with zero attached hydrogens (tertiary/aromatic N) is 4. The molecule has 1 aliphatic carbocycles. The van der Waals surface area contributed by atoms with E-state index in [0.29, 0.717) is 16.1 Å². The number of fused-ring (bicyclic) bond motifs is 1. The molecule has 2 saturated heterocycles. The fourth-order valence-corrected chi connectivity index (χ4v) is 6.32. The number of benzene rings is 2. The molecular weight excluding hydrogens is 486 g/mol. The summed E-state index contributed by atoms with van der Waals surface area (Å²) in [7, 11) is 0. The van der Waals surface area contributed by atoms with Gasteiger partial charge in [-0.1, -0.05) is 29.8 Å². The lowest BCUT2D eigenvalue weighted by Crippen LogP contribution is -2.43. The predicted octanol–water partition coefficient (Wildman–Crippen LogP) is 4.68. The fraction of sp³-hybridized carbons (Fsp3) is 0.379. The lowest BCUT2D eigenvalue weighted by Gasteiger charge is -2.39. The lowest BCUT2D eigenvalue weighted by atomic mass is 9.78. The van der Waals surface area contributed by atoms with Gasteiger partial charge in [0.05, 0.1) is 16.6 Å². The van der Waals surface area contributed by atoms with E-state index in [1.165, 1.54) is 5.56 Å². The van der Waals surface area contributed by atoms with Crippen molar-refractivity contribution in [1.29, 1.82) is 0 Å². The number of aryl methyl sites for hydroxylation is 1. The highest BCUT2D eigenvalue weighted by Gasteiger charge is 2.42. The third-order valence-electron chi connectivity index (χ3n) is 8.28. The number of rotatable bonds is 4. The highest BCUT2D eigenvalue weighted by atomic mass is 35.5. The van der Waals surface area contributed by atoms with Crippen LogP contribution in [-0.2, 0) is 6.42 Å². The van der Waals surface area contributed by atoms with Crippen LogP contribution in [0.5, 0.6) is 0 Å². The van der Waals surface area contributed by atoms with Crippen LogP contribution in [0.25, 0.3) is 0 Å². The van der Waals surface area contributed by atoms with Gasteiger partial charge in [0.15, 0.2) is 0 Å². The summed E-state index contributed by atoms with van der Waals surface area (Å²) in [4.78, 5) is 39.5. The van der Waals surface area contributed by atoms with Crippen LogP contribution < -0.4 is 10.2 Å². The Kier molecular flexibility index (Phi) is 6.32. The average Bonchev–Trinajstić information content (AvgIpc) is 3.53. The number of carbonyl (C=O) groups is 2. The number of carbonyl (C=O) groups excluding carboxylic acids is 2. The maximum atomic E-state index is 13.5. The van der Waals surface area contributed by atoms with E-state index in [1.54, 1.807) is 24.5 Å². The van der Waals surface area contributed by atoms with E-state index in [4.69, 9.17) is 11.6 Å². The SMILES string of the molecule is O=C(NC1CCc2ccc(C(=O)N3CCC4(CCN(c5ncccn5)CC4)C3)cc21)c1ccccc1Cl. The molecule has 7 nitrogen and oxygen atoms in total. The Morgan fingerprint density at radius 1 is 0.973 bits per heavy atom. The van der Waals surface area contributed by atoms with Crippen LogP contribution in [0.15, 0.2) is 60.9 Å². The first-order chi connectivity index (χ1) is 18.0. The first-order valence-corrected chi connectivity index (χ1v) is 13.4. The number of aromatic nitrogens is 2. The Bertz CT molecular complexity index is 1320. The molecule has 6 rings (SSSR count). The monoisotopic (exact) mass is 515 g/mol. The van der Waals surface area contributed by atoms with Crippen molar-refractivity contribution in [3.05, 3.63) is 88.2 Å². The summed E-state index contributed by atoms with van der Waals surface area (Å²) in [5.41, 5.74) is 3.57. The van der Waals surface area contributed by atoms with Crippen molar-refractivity contribution >= 4 is 29.4 Å². The Labute approximate surface area is 221 Å². The van der Waals surface area contributed by atoms with Gasteiger partial charge in [0.25, 0.3) is 11.8 Å². The van der Waals surface area contributed by atoms with Crippen molar-refractivity contribution in [3.8, 4) is 0 Å². The topological polar surface area (TPSA) is 78.4 Å². The molecular formula is C29H30ClN5O2. The summed E-state index contributed by atoms with van der Waals surface area (Å²) in [5.74, 6) is 0.683. The predicted molar refractivity (Wildman–Crippen MR) is 143 cm³/mol. The second kappa shape index (κ2) is 9.78. The molecule has 0 bridgehead atoms. The van der Waals surface area contributed by atoms with Gasteiger partial charge in [-0.15, -0.1) is 0 Å². The third-order valence-corrected chi connectivity index (χ3v) is 8.61. The number of hydrogen-bond donors (Lipinski definition) is 1. The number of piperidine rings is 1. The molecule has 2 aliphatic heterocycles. The molecule has 3 aromatic rings. The molecule has 1 aromatic heterocycles. The van der Waals surface area contributed by atoms with Gasteiger partial charge in [0.1, 0.15) is 0 Å². The van der Waals surface area contributed by atoms with Crippen molar-refractivity contribution in [2.45, 2.75) is 38.1 Å². The number of anilines is 1. The van der Waals surface area contributed by atoms with E-state index >= 15 is 0 Å². The van der Waals surface area contributed by atoms with Gasteiger partial charge in [0.2, 0.25) is 5.95 Å². The smallest absolute Gasteiger partial charge is 0.253 e. The molecule has 1 N–H and O–H groups in total. The zero-order chi connectivity index (χ0) is 25.4. The summed E-state index contributed by atoms with van der Waals surface area (Å²) in [6.45, 7) is 3.40. The van der Waals surface area contributed by atoms with Crippen LogP contribution >= 0.6 is 11.6 Å². The van der Waals surface area contributed by atoms with E-state index in [9.17, 15) is 9.59 Å². The Hall–Kier alpha value is -3.45. The number of likely N-dealkylation sites (tertiary alicyclic amines) is 1. The van der Waals surface area contributed by atoms with E-state index in [1.807, 2.05) is 35.2 Å². The Morgan fingerprint density at radius 2 is 1.73 bits per heavy atom. The molecule has 1 spiro atoms. The Morgan fingerprint density at radius 3 is 2.51 bits per heavy atom. The molecule has 8 heteroatoms. The van der Waals surface area contributed by atoms with Crippen LogP contribution in [0.3, 0.4) is 0 Å². The van der Waals surface area contributed by atoms with Gasteiger partial charge in [-0.2, -0.15) is 0 Å². The molecule has 190 valence electrons. The minimum atomic E-state index is -0.186.